The van der Waals surface area contributed by atoms with Crippen LogP contribution in [-0.2, 0) is 11.3 Å². The Kier molecular flexibility index (Phi) is 14.9. The fraction of sp³-hybridized carbons (Fsp3) is 0.824. The normalized spacial score (nSPS) is 14.7. The first kappa shape index (κ1) is 20.1. The summed E-state index contributed by atoms with van der Waals surface area (Å²) in [5.74, 6) is 0. The molecular formula is C17H35N3O. The van der Waals surface area contributed by atoms with Crippen LogP contribution in [0.4, 0.5) is 0 Å². The summed E-state index contributed by atoms with van der Waals surface area (Å²) in [5.41, 5.74) is 0. The molecule has 0 bridgehead atoms. The number of imidazole rings is 1. The number of nitrogens with zero attached hydrogens (tertiary/aromatic N) is 3. The molecule has 4 heteroatoms. The molecular weight excluding hydrogens is 262 g/mol. The minimum absolute atomic E-state index is 0.934. The maximum atomic E-state index is 5.24. The molecule has 1 aromatic rings. The van der Waals surface area contributed by atoms with Gasteiger partial charge in [0.25, 0.3) is 0 Å². The molecule has 0 spiro atoms. The Morgan fingerprint density at radius 1 is 1.00 bits per heavy atom. The molecule has 0 saturated carbocycles. The highest BCUT2D eigenvalue weighted by atomic mass is 16.5. The number of ether oxygens (including phenoxy) is 1. The van der Waals surface area contributed by atoms with Gasteiger partial charge in [-0.15, -0.1) is 0 Å². The molecule has 4 nitrogen and oxygen atoms in total. The predicted octanol–water partition coefficient (Wildman–Crippen LogP) is 3.83. The fourth-order valence-corrected chi connectivity index (χ4v) is 1.97. The van der Waals surface area contributed by atoms with Gasteiger partial charge in [0, 0.05) is 32.0 Å². The smallest absolute Gasteiger partial charge is 0.0945 e. The first-order valence-corrected chi connectivity index (χ1v) is 8.62. The molecule has 1 fully saturated rings. The van der Waals surface area contributed by atoms with E-state index in [1.54, 1.807) is 0 Å². The average Bonchev–Trinajstić information content (AvgIpc) is 3.08. The second kappa shape index (κ2) is 15.5. The average molecular weight is 297 g/mol. The van der Waals surface area contributed by atoms with Gasteiger partial charge < -0.3 is 9.30 Å². The SMILES string of the molecule is CC.CCCCN1CCOCC1.CCCCn1ccnc1. The Morgan fingerprint density at radius 3 is 2.14 bits per heavy atom. The quantitative estimate of drug-likeness (QED) is 0.799. The third-order valence-corrected chi connectivity index (χ3v) is 3.26. The van der Waals surface area contributed by atoms with Crippen LogP contribution in [0.1, 0.15) is 53.4 Å². The van der Waals surface area contributed by atoms with Crippen molar-refractivity contribution in [2.75, 3.05) is 32.8 Å². The van der Waals surface area contributed by atoms with Crippen molar-refractivity contribution in [3.8, 4) is 0 Å². The van der Waals surface area contributed by atoms with E-state index in [0.29, 0.717) is 0 Å². The molecule has 0 radical (unpaired) electrons. The van der Waals surface area contributed by atoms with Crippen molar-refractivity contribution >= 4 is 0 Å². The molecule has 0 unspecified atom stereocenters. The second-order valence-corrected chi connectivity index (χ2v) is 4.96. The van der Waals surface area contributed by atoms with Crippen molar-refractivity contribution in [2.24, 2.45) is 0 Å². The van der Waals surface area contributed by atoms with Gasteiger partial charge in [0.2, 0.25) is 0 Å². The van der Waals surface area contributed by atoms with E-state index in [4.69, 9.17) is 4.74 Å². The Labute approximate surface area is 131 Å². The number of aromatic nitrogens is 2. The Bertz CT molecular complexity index is 282. The highest BCUT2D eigenvalue weighted by Gasteiger charge is 2.07. The van der Waals surface area contributed by atoms with Crippen LogP contribution in [0, 0.1) is 0 Å². The van der Waals surface area contributed by atoms with Crippen molar-refractivity contribution in [3.63, 3.8) is 0 Å². The van der Waals surface area contributed by atoms with Crippen LogP contribution in [-0.4, -0.2) is 47.3 Å². The van der Waals surface area contributed by atoms with E-state index in [2.05, 4.69) is 28.3 Å². The lowest BCUT2D eigenvalue weighted by Gasteiger charge is -2.26. The van der Waals surface area contributed by atoms with Crippen LogP contribution in [0.25, 0.3) is 0 Å². The minimum atomic E-state index is 0.934. The van der Waals surface area contributed by atoms with Crippen LogP contribution >= 0.6 is 0 Å². The highest BCUT2D eigenvalue weighted by molar-refractivity contribution is 4.73. The van der Waals surface area contributed by atoms with Crippen LogP contribution in [0.3, 0.4) is 0 Å². The zero-order chi connectivity index (χ0) is 15.8. The molecule has 1 aliphatic heterocycles. The lowest BCUT2D eigenvalue weighted by molar-refractivity contribution is 0.0373. The number of hydrogen-bond donors (Lipinski definition) is 0. The van der Waals surface area contributed by atoms with E-state index in [1.165, 1.54) is 32.2 Å². The van der Waals surface area contributed by atoms with Gasteiger partial charge in [-0.05, 0) is 19.4 Å². The van der Waals surface area contributed by atoms with Gasteiger partial charge in [-0.25, -0.2) is 4.98 Å². The molecule has 0 amide bonds. The van der Waals surface area contributed by atoms with Gasteiger partial charge in [0.15, 0.2) is 0 Å². The molecule has 1 aliphatic rings. The number of unbranched alkanes of at least 4 members (excludes halogenated alkanes) is 2. The van der Waals surface area contributed by atoms with Gasteiger partial charge in [0.05, 0.1) is 19.5 Å². The molecule has 21 heavy (non-hydrogen) atoms. The summed E-state index contributed by atoms with van der Waals surface area (Å²) in [6.45, 7) is 14.9. The fourth-order valence-electron chi connectivity index (χ4n) is 1.97. The van der Waals surface area contributed by atoms with Crippen molar-refractivity contribution in [1.29, 1.82) is 0 Å². The first-order valence-electron chi connectivity index (χ1n) is 8.62. The second-order valence-electron chi connectivity index (χ2n) is 4.96. The van der Waals surface area contributed by atoms with E-state index >= 15 is 0 Å². The number of aryl methyl sites for hydroxylation is 1. The zero-order valence-corrected chi connectivity index (χ0v) is 14.6. The standard InChI is InChI=1S/C8H17NO.C7H12N2.C2H6/c1-2-3-4-9-5-7-10-8-6-9;1-2-3-5-9-6-4-8-7-9;1-2/h2-8H2,1H3;4,6-7H,2-3,5H2,1H3;1-2H3. The summed E-state index contributed by atoms with van der Waals surface area (Å²) in [4.78, 5) is 6.42. The number of morpholine rings is 1. The topological polar surface area (TPSA) is 30.3 Å². The summed E-state index contributed by atoms with van der Waals surface area (Å²) >= 11 is 0. The van der Waals surface area contributed by atoms with Crippen molar-refractivity contribution < 1.29 is 4.74 Å². The summed E-state index contributed by atoms with van der Waals surface area (Å²) in [5, 5.41) is 0. The van der Waals surface area contributed by atoms with Gasteiger partial charge in [0.1, 0.15) is 0 Å². The van der Waals surface area contributed by atoms with Crippen molar-refractivity contribution in [2.45, 2.75) is 59.9 Å². The summed E-state index contributed by atoms with van der Waals surface area (Å²) in [6, 6.07) is 0. The largest absolute Gasteiger partial charge is 0.379 e. The van der Waals surface area contributed by atoms with Crippen LogP contribution in [0.15, 0.2) is 18.7 Å². The summed E-state index contributed by atoms with van der Waals surface area (Å²) in [7, 11) is 0. The van der Waals surface area contributed by atoms with Gasteiger partial charge in [-0.1, -0.05) is 40.5 Å². The maximum absolute atomic E-state index is 5.24. The minimum Gasteiger partial charge on any atom is -0.379 e. The maximum Gasteiger partial charge on any atom is 0.0945 e. The number of rotatable bonds is 6. The molecule has 0 aliphatic carbocycles. The van der Waals surface area contributed by atoms with Crippen LogP contribution in [0.5, 0.6) is 0 Å². The molecule has 1 saturated heterocycles. The Hall–Kier alpha value is -0.870. The molecule has 1 aromatic heterocycles. The van der Waals surface area contributed by atoms with E-state index < -0.39 is 0 Å². The van der Waals surface area contributed by atoms with Crippen molar-refractivity contribution in [3.05, 3.63) is 18.7 Å². The van der Waals surface area contributed by atoms with Gasteiger partial charge >= 0.3 is 0 Å². The van der Waals surface area contributed by atoms with Gasteiger partial charge in [-0.2, -0.15) is 0 Å². The first-order chi connectivity index (χ1) is 10.4. The van der Waals surface area contributed by atoms with E-state index in [9.17, 15) is 0 Å². The Morgan fingerprint density at radius 2 is 1.62 bits per heavy atom. The Balaban J connectivity index is 0.000000342. The van der Waals surface area contributed by atoms with Crippen LogP contribution < -0.4 is 0 Å². The molecule has 2 rings (SSSR count). The molecule has 0 aromatic carbocycles. The zero-order valence-electron chi connectivity index (χ0n) is 14.6. The van der Waals surface area contributed by atoms with E-state index in [1.807, 2.05) is 32.6 Å². The van der Waals surface area contributed by atoms with E-state index in [-0.39, 0.29) is 0 Å². The third kappa shape index (κ3) is 11.5. The molecule has 0 N–H and O–H groups in total. The predicted molar refractivity (Wildman–Crippen MR) is 90.7 cm³/mol. The molecule has 124 valence electrons. The highest BCUT2D eigenvalue weighted by Crippen LogP contribution is 1.98. The van der Waals surface area contributed by atoms with Crippen LogP contribution in [0.2, 0.25) is 0 Å². The third-order valence-electron chi connectivity index (χ3n) is 3.26. The summed E-state index contributed by atoms with van der Waals surface area (Å²) < 4.78 is 7.34. The molecule has 0 atom stereocenters. The summed E-state index contributed by atoms with van der Waals surface area (Å²) in [6.07, 6.45) is 10.8. The monoisotopic (exact) mass is 297 g/mol. The van der Waals surface area contributed by atoms with Gasteiger partial charge in [-0.3, -0.25) is 4.90 Å². The van der Waals surface area contributed by atoms with E-state index in [0.717, 1.165) is 32.8 Å². The lowest BCUT2D eigenvalue weighted by atomic mass is 10.3. The lowest BCUT2D eigenvalue weighted by Crippen LogP contribution is -2.36. The molecule has 2 heterocycles. The van der Waals surface area contributed by atoms with Crippen molar-refractivity contribution in [1.82, 2.24) is 14.5 Å². The number of hydrogen-bond acceptors (Lipinski definition) is 3.